The largest absolute Gasteiger partial charge is 0.361 e. The van der Waals surface area contributed by atoms with Crippen molar-refractivity contribution in [1.29, 1.82) is 0 Å². The van der Waals surface area contributed by atoms with Crippen LogP contribution in [0.3, 0.4) is 0 Å². The maximum absolute atomic E-state index is 12.2. The van der Waals surface area contributed by atoms with Crippen LogP contribution in [0.1, 0.15) is 69.7 Å². The van der Waals surface area contributed by atoms with E-state index in [1.54, 1.807) is 7.11 Å². The fourth-order valence-corrected chi connectivity index (χ4v) is 8.55. The van der Waals surface area contributed by atoms with E-state index in [9.17, 15) is 5.11 Å². The number of aliphatic hydroxyl groups is 1. The third-order valence-electron chi connectivity index (χ3n) is 11.0. The highest BCUT2D eigenvalue weighted by atomic mass is 16.6. The molecule has 8 rings (SSSR count). The van der Waals surface area contributed by atoms with E-state index in [0.717, 1.165) is 17.0 Å². The Morgan fingerprint density at radius 1 is 0.850 bits per heavy atom. The van der Waals surface area contributed by atoms with Crippen molar-refractivity contribution in [2.45, 2.75) is 69.6 Å². The second-order valence-corrected chi connectivity index (χ2v) is 13.2. The van der Waals surface area contributed by atoms with Gasteiger partial charge in [-0.1, -0.05) is 82.3 Å². The number of nitrogens with zero attached hydrogens (tertiary/aromatic N) is 2. The Hall–Kier alpha value is -3.60. The first kappa shape index (κ1) is 24.2. The van der Waals surface area contributed by atoms with Crippen molar-refractivity contribution in [3.63, 3.8) is 0 Å². The number of fused-ring (bicyclic) bond motifs is 13. The first-order valence-corrected chi connectivity index (χ1v) is 14.4. The van der Waals surface area contributed by atoms with Crippen LogP contribution in [0, 0.1) is 0 Å². The quantitative estimate of drug-likeness (QED) is 0.197. The Morgan fingerprint density at radius 3 is 2.17 bits per heavy atom. The summed E-state index contributed by atoms with van der Waals surface area (Å²) in [4.78, 5) is 5.16. The van der Waals surface area contributed by atoms with Gasteiger partial charge in [-0.2, -0.15) is 0 Å². The average Bonchev–Trinajstić information content (AvgIpc) is 3.25. The Morgan fingerprint density at radius 2 is 1.50 bits per heavy atom. The van der Waals surface area contributed by atoms with Gasteiger partial charge in [-0.3, -0.25) is 0 Å². The molecular weight excluding hydrogens is 492 g/mol. The van der Waals surface area contributed by atoms with Crippen molar-refractivity contribution in [2.24, 2.45) is 0 Å². The molecule has 3 unspecified atom stereocenters. The monoisotopic (exact) mass is 527 g/mol. The van der Waals surface area contributed by atoms with Crippen molar-refractivity contribution in [3.8, 4) is 22.5 Å². The lowest BCUT2D eigenvalue weighted by Gasteiger charge is -2.32. The number of benzene rings is 4. The van der Waals surface area contributed by atoms with E-state index in [0.29, 0.717) is 5.92 Å². The predicted octanol–water partition coefficient (Wildman–Crippen LogP) is 7.11. The second kappa shape index (κ2) is 7.18. The Kier molecular flexibility index (Phi) is 4.35. The molecule has 4 aromatic carbocycles. The van der Waals surface area contributed by atoms with E-state index in [4.69, 9.17) is 9.72 Å². The molecule has 4 heteroatoms. The van der Waals surface area contributed by atoms with Gasteiger partial charge in [0.2, 0.25) is 5.79 Å². The van der Waals surface area contributed by atoms with Crippen LogP contribution in [0.25, 0.3) is 44.1 Å². The summed E-state index contributed by atoms with van der Waals surface area (Å²) in [7, 11) is 1.63. The van der Waals surface area contributed by atoms with Crippen LogP contribution in [0.4, 0.5) is 0 Å². The molecule has 0 saturated heterocycles. The molecule has 200 valence electrons. The van der Waals surface area contributed by atoms with E-state index in [-0.39, 0.29) is 5.41 Å². The van der Waals surface area contributed by atoms with E-state index in [1.807, 2.05) is 6.33 Å². The summed E-state index contributed by atoms with van der Waals surface area (Å²) in [5.74, 6) is -1.04. The minimum atomic E-state index is -1.37. The molecule has 5 aromatic rings. The van der Waals surface area contributed by atoms with Crippen LogP contribution < -0.4 is 4.57 Å². The van der Waals surface area contributed by atoms with Crippen molar-refractivity contribution in [3.05, 3.63) is 95.3 Å². The van der Waals surface area contributed by atoms with Gasteiger partial charge in [0.1, 0.15) is 11.1 Å². The maximum Gasteiger partial charge on any atom is 0.288 e. The van der Waals surface area contributed by atoms with Crippen molar-refractivity contribution >= 4 is 21.5 Å². The topological polar surface area (TPSA) is 46.2 Å². The van der Waals surface area contributed by atoms with Crippen LogP contribution in [-0.4, -0.2) is 23.0 Å². The van der Waals surface area contributed by atoms with Gasteiger partial charge in [0.25, 0.3) is 6.33 Å². The lowest BCUT2D eigenvalue weighted by molar-refractivity contribution is -0.744. The highest BCUT2D eigenvalue weighted by Crippen LogP contribution is 2.72. The molecule has 1 N–H and O–H groups in total. The standard InChI is InChI=1S/C36H35N2O2/c1-20(2)25-18-28-29(24-15-11-10-14-23(24)25)32-30-31(37-19-38(32)35(6)34(28,5)36(35,39)40-7)26-16-21-12-8-9-13-22(21)17-27(26)33(30,3)4/h8-20,39H,1-7H3/q+1. The summed E-state index contributed by atoms with van der Waals surface area (Å²) < 4.78 is 8.26. The molecule has 1 aliphatic heterocycles. The van der Waals surface area contributed by atoms with Crippen LogP contribution >= 0.6 is 0 Å². The van der Waals surface area contributed by atoms with Gasteiger partial charge < -0.3 is 9.84 Å². The highest BCUT2D eigenvalue weighted by Gasteiger charge is 2.91. The number of aromatic nitrogens is 2. The normalized spacial score (nSPS) is 26.8. The number of hydrogen-bond acceptors (Lipinski definition) is 3. The minimum Gasteiger partial charge on any atom is -0.361 e. The molecule has 0 spiro atoms. The highest BCUT2D eigenvalue weighted by molar-refractivity contribution is 6.03. The summed E-state index contributed by atoms with van der Waals surface area (Å²) in [5, 5.41) is 17.2. The molecular formula is C36H35N2O2+. The molecule has 2 aliphatic carbocycles. The minimum absolute atomic E-state index is 0.292. The Balaban J connectivity index is 1.57. The van der Waals surface area contributed by atoms with E-state index in [1.165, 1.54) is 49.4 Å². The van der Waals surface area contributed by atoms with Gasteiger partial charge >= 0.3 is 0 Å². The lowest BCUT2D eigenvalue weighted by Crippen LogP contribution is -2.56. The molecule has 1 saturated carbocycles. The first-order valence-electron chi connectivity index (χ1n) is 14.4. The van der Waals surface area contributed by atoms with Gasteiger partial charge in [-0.25, -0.2) is 4.57 Å². The molecule has 3 aliphatic rings. The number of ether oxygens (including phenoxy) is 1. The molecule has 1 fully saturated rings. The van der Waals surface area contributed by atoms with Gasteiger partial charge in [-0.15, -0.1) is 0 Å². The third-order valence-corrected chi connectivity index (χ3v) is 11.0. The van der Waals surface area contributed by atoms with Gasteiger partial charge in [0.05, 0.1) is 5.56 Å². The molecule has 0 amide bonds. The van der Waals surface area contributed by atoms with Gasteiger partial charge in [-0.05, 0) is 75.1 Å². The summed E-state index contributed by atoms with van der Waals surface area (Å²) in [5.41, 5.74) is 7.89. The van der Waals surface area contributed by atoms with Crippen molar-refractivity contribution < 1.29 is 14.4 Å². The number of hydrogen-bond donors (Lipinski definition) is 1. The number of rotatable bonds is 2. The maximum atomic E-state index is 12.2. The molecule has 1 aromatic heterocycles. The van der Waals surface area contributed by atoms with E-state index >= 15 is 0 Å². The molecule has 0 radical (unpaired) electrons. The number of methoxy groups -OCH3 is 1. The summed E-state index contributed by atoms with van der Waals surface area (Å²) in [6.07, 6.45) is 1.96. The SMILES string of the molecule is COC1(O)C2(C)c3cc(C(C)C)c4ccccc4c3-c3c4c(nc[n+]3C12C)-c1cc2ccccc2cc1C4(C)C. The fraction of sp³-hybridized carbons (Fsp3) is 0.333. The van der Waals surface area contributed by atoms with Gasteiger partial charge in [0.15, 0.2) is 11.2 Å². The third kappa shape index (κ3) is 2.36. The van der Waals surface area contributed by atoms with Crippen molar-refractivity contribution in [1.82, 2.24) is 4.98 Å². The predicted molar refractivity (Wildman–Crippen MR) is 159 cm³/mol. The average molecular weight is 528 g/mol. The van der Waals surface area contributed by atoms with Crippen molar-refractivity contribution in [2.75, 3.05) is 7.11 Å². The fourth-order valence-electron chi connectivity index (χ4n) is 8.55. The Labute approximate surface area is 235 Å². The van der Waals surface area contributed by atoms with Crippen LogP contribution in [0.2, 0.25) is 0 Å². The molecule has 2 heterocycles. The molecule has 0 bridgehead atoms. The zero-order valence-electron chi connectivity index (χ0n) is 24.3. The van der Waals surface area contributed by atoms with Crippen LogP contribution in [-0.2, 0) is 21.1 Å². The van der Waals surface area contributed by atoms with Gasteiger partial charge in [0, 0.05) is 23.7 Å². The molecule has 3 atom stereocenters. The molecule has 4 nitrogen and oxygen atoms in total. The summed E-state index contributed by atoms with van der Waals surface area (Å²) >= 11 is 0. The Bertz CT molecular complexity index is 1960. The zero-order chi connectivity index (χ0) is 28.0. The second-order valence-electron chi connectivity index (χ2n) is 13.2. The summed E-state index contributed by atoms with van der Waals surface area (Å²) in [6, 6.07) is 24.4. The van der Waals surface area contributed by atoms with Crippen LogP contribution in [0.15, 0.2) is 73.1 Å². The smallest absolute Gasteiger partial charge is 0.288 e. The van der Waals surface area contributed by atoms with Crippen LogP contribution in [0.5, 0.6) is 0 Å². The zero-order valence-corrected chi connectivity index (χ0v) is 24.3. The van der Waals surface area contributed by atoms with E-state index < -0.39 is 16.7 Å². The van der Waals surface area contributed by atoms with E-state index in [2.05, 4.69) is 113 Å². The summed E-state index contributed by atoms with van der Waals surface area (Å²) in [6.45, 7) is 13.4. The lowest BCUT2D eigenvalue weighted by atomic mass is 9.74. The molecule has 40 heavy (non-hydrogen) atoms. The first-order chi connectivity index (χ1) is 19.0.